The van der Waals surface area contributed by atoms with Crippen molar-refractivity contribution in [3.8, 4) is 0 Å². The molecule has 1 unspecified atom stereocenters. The molecule has 1 aromatic rings. The third kappa shape index (κ3) is 4.26. The number of Topliss-reactive ketones (excluding diaryl/α,β-unsaturated/α-hetero) is 1. The maximum absolute atomic E-state index is 12.3. The van der Waals surface area contributed by atoms with Gasteiger partial charge in [0, 0.05) is 5.56 Å². The molecular weight excluding hydrogens is 222 g/mol. The van der Waals surface area contributed by atoms with Crippen molar-refractivity contribution in [1.82, 2.24) is 4.90 Å². The zero-order valence-corrected chi connectivity index (χ0v) is 12.1. The molecule has 0 aliphatic rings. The number of ketones is 1. The SMILES string of the molecule is CCCCCN(C)C(C)C(=O)c1ccc(C)cc1. The molecule has 0 saturated heterocycles. The molecule has 0 saturated carbocycles. The number of likely N-dealkylation sites (N-methyl/N-ethyl adjacent to an activating group) is 1. The number of rotatable bonds is 7. The molecule has 0 aromatic heterocycles. The Hall–Kier alpha value is -1.15. The standard InChI is InChI=1S/C16H25NO/c1-5-6-7-12-17(4)14(3)16(18)15-10-8-13(2)9-11-15/h8-11,14H,5-7,12H2,1-4H3. The molecule has 100 valence electrons. The zero-order valence-electron chi connectivity index (χ0n) is 12.1. The lowest BCUT2D eigenvalue weighted by Gasteiger charge is -2.23. The van der Waals surface area contributed by atoms with Gasteiger partial charge in [0.2, 0.25) is 0 Å². The van der Waals surface area contributed by atoms with Crippen LogP contribution in [0.3, 0.4) is 0 Å². The van der Waals surface area contributed by atoms with Crippen molar-refractivity contribution in [2.45, 2.75) is 46.1 Å². The second kappa shape index (κ2) is 7.32. The maximum atomic E-state index is 12.3. The summed E-state index contributed by atoms with van der Waals surface area (Å²) in [5.74, 6) is 0.217. The summed E-state index contributed by atoms with van der Waals surface area (Å²) in [5.41, 5.74) is 2.01. The van der Waals surface area contributed by atoms with Crippen LogP contribution in [-0.4, -0.2) is 30.3 Å². The smallest absolute Gasteiger partial charge is 0.179 e. The van der Waals surface area contributed by atoms with Crippen molar-refractivity contribution in [2.75, 3.05) is 13.6 Å². The molecule has 0 radical (unpaired) electrons. The number of carbonyl (C=O) groups is 1. The van der Waals surface area contributed by atoms with Gasteiger partial charge < -0.3 is 0 Å². The Balaban J connectivity index is 2.57. The van der Waals surface area contributed by atoms with E-state index >= 15 is 0 Å². The van der Waals surface area contributed by atoms with E-state index in [-0.39, 0.29) is 11.8 Å². The summed E-state index contributed by atoms with van der Waals surface area (Å²) in [6, 6.07) is 7.81. The van der Waals surface area contributed by atoms with E-state index in [1.807, 2.05) is 45.2 Å². The number of benzene rings is 1. The summed E-state index contributed by atoms with van der Waals surface area (Å²) in [7, 11) is 2.03. The average molecular weight is 247 g/mol. The van der Waals surface area contributed by atoms with Crippen molar-refractivity contribution in [3.63, 3.8) is 0 Å². The van der Waals surface area contributed by atoms with Crippen LogP contribution in [0.15, 0.2) is 24.3 Å². The summed E-state index contributed by atoms with van der Waals surface area (Å²) < 4.78 is 0. The van der Waals surface area contributed by atoms with Gasteiger partial charge in [-0.05, 0) is 33.9 Å². The minimum atomic E-state index is -0.0374. The third-order valence-electron chi connectivity index (χ3n) is 3.49. The summed E-state index contributed by atoms with van der Waals surface area (Å²) >= 11 is 0. The van der Waals surface area contributed by atoms with Gasteiger partial charge in [0.05, 0.1) is 6.04 Å². The monoisotopic (exact) mass is 247 g/mol. The minimum Gasteiger partial charge on any atom is -0.297 e. The van der Waals surface area contributed by atoms with Gasteiger partial charge in [-0.25, -0.2) is 0 Å². The zero-order chi connectivity index (χ0) is 13.5. The summed E-state index contributed by atoms with van der Waals surface area (Å²) in [4.78, 5) is 14.4. The van der Waals surface area contributed by atoms with E-state index in [4.69, 9.17) is 0 Å². The molecule has 0 aliphatic carbocycles. The number of aryl methyl sites for hydroxylation is 1. The highest BCUT2D eigenvalue weighted by Gasteiger charge is 2.18. The molecule has 0 aliphatic heterocycles. The quantitative estimate of drug-likeness (QED) is 0.541. The van der Waals surface area contributed by atoms with Gasteiger partial charge in [-0.15, -0.1) is 0 Å². The Morgan fingerprint density at radius 3 is 2.39 bits per heavy atom. The topological polar surface area (TPSA) is 20.3 Å². The van der Waals surface area contributed by atoms with E-state index in [0.717, 1.165) is 12.1 Å². The molecule has 0 fully saturated rings. The van der Waals surface area contributed by atoms with Crippen LogP contribution in [0.5, 0.6) is 0 Å². The van der Waals surface area contributed by atoms with Gasteiger partial charge in [0.15, 0.2) is 5.78 Å². The average Bonchev–Trinajstić information content (AvgIpc) is 2.38. The van der Waals surface area contributed by atoms with Crippen molar-refractivity contribution in [3.05, 3.63) is 35.4 Å². The molecule has 2 nitrogen and oxygen atoms in total. The van der Waals surface area contributed by atoms with E-state index in [1.165, 1.54) is 24.8 Å². The van der Waals surface area contributed by atoms with E-state index in [0.29, 0.717) is 0 Å². The van der Waals surface area contributed by atoms with Gasteiger partial charge in [-0.2, -0.15) is 0 Å². The van der Waals surface area contributed by atoms with Gasteiger partial charge >= 0.3 is 0 Å². The largest absolute Gasteiger partial charge is 0.297 e. The first-order valence-corrected chi connectivity index (χ1v) is 6.87. The number of hydrogen-bond acceptors (Lipinski definition) is 2. The van der Waals surface area contributed by atoms with Crippen LogP contribution in [0.2, 0.25) is 0 Å². The first-order valence-electron chi connectivity index (χ1n) is 6.87. The van der Waals surface area contributed by atoms with E-state index in [2.05, 4.69) is 11.8 Å². The predicted octanol–water partition coefficient (Wildman–Crippen LogP) is 3.69. The van der Waals surface area contributed by atoms with E-state index in [1.54, 1.807) is 0 Å². The Morgan fingerprint density at radius 1 is 1.22 bits per heavy atom. The number of nitrogens with zero attached hydrogens (tertiary/aromatic N) is 1. The molecule has 0 amide bonds. The lowest BCUT2D eigenvalue weighted by atomic mass is 10.0. The molecule has 0 N–H and O–H groups in total. The molecule has 0 heterocycles. The molecule has 0 spiro atoms. The highest BCUT2D eigenvalue weighted by Crippen LogP contribution is 2.10. The van der Waals surface area contributed by atoms with Crippen molar-refractivity contribution in [1.29, 1.82) is 0 Å². The number of carbonyl (C=O) groups excluding carboxylic acids is 1. The first-order chi connectivity index (χ1) is 8.56. The molecule has 1 aromatic carbocycles. The van der Waals surface area contributed by atoms with Crippen molar-refractivity contribution < 1.29 is 4.79 Å². The first kappa shape index (κ1) is 14.9. The van der Waals surface area contributed by atoms with Crippen molar-refractivity contribution in [2.24, 2.45) is 0 Å². The normalized spacial score (nSPS) is 12.7. The van der Waals surface area contributed by atoms with Gasteiger partial charge in [0.1, 0.15) is 0 Å². The lowest BCUT2D eigenvalue weighted by Crippen LogP contribution is -2.36. The fourth-order valence-corrected chi connectivity index (χ4v) is 1.96. The van der Waals surface area contributed by atoms with E-state index < -0.39 is 0 Å². The van der Waals surface area contributed by atoms with Crippen LogP contribution < -0.4 is 0 Å². The maximum Gasteiger partial charge on any atom is 0.179 e. The van der Waals surface area contributed by atoms with Crippen LogP contribution in [0, 0.1) is 6.92 Å². The molecule has 2 heteroatoms. The summed E-state index contributed by atoms with van der Waals surface area (Å²) in [6.45, 7) is 7.22. The molecule has 0 bridgehead atoms. The Labute approximate surface area is 111 Å². The van der Waals surface area contributed by atoms with Crippen LogP contribution in [0.1, 0.15) is 49.0 Å². The Kier molecular flexibility index (Phi) is 6.06. The highest BCUT2D eigenvalue weighted by atomic mass is 16.1. The Bertz CT molecular complexity index is 369. The fourth-order valence-electron chi connectivity index (χ4n) is 1.96. The summed E-state index contributed by atoms with van der Waals surface area (Å²) in [5, 5.41) is 0. The third-order valence-corrected chi connectivity index (χ3v) is 3.49. The van der Waals surface area contributed by atoms with Gasteiger partial charge in [0.25, 0.3) is 0 Å². The summed E-state index contributed by atoms with van der Waals surface area (Å²) in [6.07, 6.45) is 3.61. The second-order valence-corrected chi connectivity index (χ2v) is 5.09. The second-order valence-electron chi connectivity index (χ2n) is 5.09. The van der Waals surface area contributed by atoms with Crippen LogP contribution in [-0.2, 0) is 0 Å². The molecular formula is C16H25NO. The number of hydrogen-bond donors (Lipinski definition) is 0. The lowest BCUT2D eigenvalue weighted by molar-refractivity contribution is 0.0867. The number of unbranched alkanes of at least 4 members (excludes halogenated alkanes) is 2. The molecule has 18 heavy (non-hydrogen) atoms. The Morgan fingerprint density at radius 2 is 1.83 bits per heavy atom. The van der Waals surface area contributed by atoms with Gasteiger partial charge in [-0.3, -0.25) is 9.69 Å². The van der Waals surface area contributed by atoms with Gasteiger partial charge in [-0.1, -0.05) is 49.6 Å². The molecule has 1 rings (SSSR count). The minimum absolute atomic E-state index is 0.0374. The predicted molar refractivity (Wildman–Crippen MR) is 77.1 cm³/mol. The molecule has 1 atom stereocenters. The van der Waals surface area contributed by atoms with E-state index in [9.17, 15) is 4.79 Å². The van der Waals surface area contributed by atoms with Crippen LogP contribution in [0.25, 0.3) is 0 Å². The van der Waals surface area contributed by atoms with Crippen molar-refractivity contribution >= 4 is 5.78 Å². The van der Waals surface area contributed by atoms with Crippen LogP contribution in [0.4, 0.5) is 0 Å². The van der Waals surface area contributed by atoms with Crippen LogP contribution >= 0.6 is 0 Å². The fraction of sp³-hybridized carbons (Fsp3) is 0.562. The highest BCUT2D eigenvalue weighted by molar-refractivity contribution is 5.99.